The van der Waals surface area contributed by atoms with Crippen LogP contribution >= 0.6 is 0 Å². The summed E-state index contributed by atoms with van der Waals surface area (Å²) < 4.78 is 0. The summed E-state index contributed by atoms with van der Waals surface area (Å²) in [5.41, 5.74) is 1.20. The molecule has 1 aromatic carbocycles. The zero-order valence-electron chi connectivity index (χ0n) is 9.22. The molecular formula is C11H15N3O2. The normalized spacial score (nSPS) is 20.8. The van der Waals surface area contributed by atoms with Crippen LogP contribution in [0.1, 0.15) is 6.92 Å². The minimum absolute atomic E-state index is 0.145. The van der Waals surface area contributed by atoms with Crippen LogP contribution in [-0.4, -0.2) is 30.6 Å². The molecule has 0 saturated carbocycles. The third kappa shape index (κ3) is 2.14. The third-order valence-electron chi connectivity index (χ3n) is 2.89. The van der Waals surface area contributed by atoms with Crippen molar-refractivity contribution in [3.63, 3.8) is 0 Å². The van der Waals surface area contributed by atoms with Crippen LogP contribution in [0.15, 0.2) is 24.3 Å². The van der Waals surface area contributed by atoms with Gasteiger partial charge in [-0.05, 0) is 19.1 Å². The smallest absolute Gasteiger partial charge is 0.269 e. The second-order valence-electron chi connectivity index (χ2n) is 4.02. The fourth-order valence-corrected chi connectivity index (χ4v) is 1.99. The topological polar surface area (TPSA) is 58.4 Å². The summed E-state index contributed by atoms with van der Waals surface area (Å²) >= 11 is 0. The molecule has 2 rings (SSSR count). The van der Waals surface area contributed by atoms with E-state index in [2.05, 4.69) is 17.1 Å². The second-order valence-corrected chi connectivity index (χ2v) is 4.02. The maximum atomic E-state index is 10.5. The third-order valence-corrected chi connectivity index (χ3v) is 2.89. The number of nitro benzene ring substituents is 1. The summed E-state index contributed by atoms with van der Waals surface area (Å²) in [6, 6.07) is 7.18. The van der Waals surface area contributed by atoms with Crippen LogP contribution in [0.5, 0.6) is 0 Å². The molecule has 0 aromatic heterocycles. The predicted molar refractivity (Wildman–Crippen MR) is 62.8 cm³/mol. The van der Waals surface area contributed by atoms with Crippen molar-refractivity contribution in [2.24, 2.45) is 0 Å². The monoisotopic (exact) mass is 221 g/mol. The van der Waals surface area contributed by atoms with Crippen molar-refractivity contribution in [1.82, 2.24) is 5.32 Å². The number of hydrogen-bond acceptors (Lipinski definition) is 4. The molecule has 1 atom stereocenters. The highest BCUT2D eigenvalue weighted by atomic mass is 16.6. The minimum atomic E-state index is -0.370. The first kappa shape index (κ1) is 10.9. The van der Waals surface area contributed by atoms with E-state index in [1.165, 1.54) is 0 Å². The van der Waals surface area contributed by atoms with Gasteiger partial charge < -0.3 is 10.2 Å². The van der Waals surface area contributed by atoms with E-state index < -0.39 is 0 Å². The Morgan fingerprint density at radius 1 is 1.44 bits per heavy atom. The first-order valence-corrected chi connectivity index (χ1v) is 5.40. The van der Waals surface area contributed by atoms with Gasteiger partial charge in [0.05, 0.1) is 4.92 Å². The molecular weight excluding hydrogens is 206 g/mol. The van der Waals surface area contributed by atoms with Gasteiger partial charge in [0.1, 0.15) is 0 Å². The van der Waals surface area contributed by atoms with Gasteiger partial charge in [0.15, 0.2) is 0 Å². The lowest BCUT2D eigenvalue weighted by atomic mass is 10.1. The lowest BCUT2D eigenvalue weighted by Gasteiger charge is -2.35. The molecule has 16 heavy (non-hydrogen) atoms. The van der Waals surface area contributed by atoms with Crippen molar-refractivity contribution < 1.29 is 4.92 Å². The molecule has 0 unspecified atom stereocenters. The Labute approximate surface area is 94.2 Å². The highest BCUT2D eigenvalue weighted by Gasteiger charge is 2.18. The predicted octanol–water partition coefficient (Wildman–Crippen LogP) is 1.39. The number of piperazine rings is 1. The van der Waals surface area contributed by atoms with Gasteiger partial charge in [-0.2, -0.15) is 0 Å². The van der Waals surface area contributed by atoms with Gasteiger partial charge in [-0.25, -0.2) is 0 Å². The summed E-state index contributed by atoms with van der Waals surface area (Å²) in [6.07, 6.45) is 0. The average Bonchev–Trinajstić information content (AvgIpc) is 2.30. The van der Waals surface area contributed by atoms with Crippen LogP contribution in [0.4, 0.5) is 11.4 Å². The first-order valence-electron chi connectivity index (χ1n) is 5.40. The SMILES string of the molecule is C[C@H]1CNCCN1c1ccc([N+](=O)[O-])cc1. The van der Waals surface area contributed by atoms with E-state index >= 15 is 0 Å². The zero-order chi connectivity index (χ0) is 11.5. The van der Waals surface area contributed by atoms with Gasteiger partial charge in [-0.15, -0.1) is 0 Å². The Morgan fingerprint density at radius 2 is 2.12 bits per heavy atom. The maximum Gasteiger partial charge on any atom is 0.269 e. The molecule has 1 aliphatic rings. The highest BCUT2D eigenvalue weighted by molar-refractivity contribution is 5.52. The number of nitrogens with one attached hydrogen (secondary N) is 1. The van der Waals surface area contributed by atoms with Gasteiger partial charge in [-0.3, -0.25) is 10.1 Å². The van der Waals surface area contributed by atoms with E-state index in [1.807, 2.05) is 12.1 Å². The molecule has 86 valence electrons. The number of non-ortho nitro benzene ring substituents is 1. The van der Waals surface area contributed by atoms with Gasteiger partial charge in [-0.1, -0.05) is 0 Å². The lowest BCUT2D eigenvalue weighted by molar-refractivity contribution is -0.384. The van der Waals surface area contributed by atoms with Crippen molar-refractivity contribution in [3.05, 3.63) is 34.4 Å². The van der Waals surface area contributed by atoms with E-state index in [9.17, 15) is 10.1 Å². The Kier molecular flexibility index (Phi) is 3.05. The summed E-state index contributed by atoms with van der Waals surface area (Å²) in [5.74, 6) is 0. The van der Waals surface area contributed by atoms with Crippen LogP contribution in [0, 0.1) is 10.1 Å². The van der Waals surface area contributed by atoms with E-state index in [4.69, 9.17) is 0 Å². The molecule has 1 N–H and O–H groups in total. The molecule has 0 amide bonds. The molecule has 0 aliphatic carbocycles. The quantitative estimate of drug-likeness (QED) is 0.605. The Morgan fingerprint density at radius 3 is 2.69 bits per heavy atom. The van der Waals surface area contributed by atoms with E-state index in [1.54, 1.807) is 12.1 Å². The van der Waals surface area contributed by atoms with Crippen molar-refractivity contribution in [2.45, 2.75) is 13.0 Å². The molecule has 0 bridgehead atoms. The number of benzene rings is 1. The fraction of sp³-hybridized carbons (Fsp3) is 0.455. The summed E-state index contributed by atoms with van der Waals surface area (Å²) in [6.45, 7) is 5.00. The molecule has 1 aromatic rings. The minimum Gasteiger partial charge on any atom is -0.366 e. The van der Waals surface area contributed by atoms with Crippen molar-refractivity contribution in [3.8, 4) is 0 Å². The zero-order valence-corrected chi connectivity index (χ0v) is 9.22. The van der Waals surface area contributed by atoms with Gasteiger partial charge in [0.25, 0.3) is 5.69 Å². The number of anilines is 1. The molecule has 5 nitrogen and oxygen atoms in total. The molecule has 1 saturated heterocycles. The van der Waals surface area contributed by atoms with Crippen molar-refractivity contribution in [2.75, 3.05) is 24.5 Å². The molecule has 1 heterocycles. The van der Waals surface area contributed by atoms with Crippen molar-refractivity contribution in [1.29, 1.82) is 0 Å². The number of rotatable bonds is 2. The van der Waals surface area contributed by atoms with Crippen molar-refractivity contribution >= 4 is 11.4 Å². The number of hydrogen-bond donors (Lipinski definition) is 1. The van der Waals surface area contributed by atoms with E-state index in [-0.39, 0.29) is 10.6 Å². The first-order chi connectivity index (χ1) is 7.68. The number of nitro groups is 1. The van der Waals surface area contributed by atoms with Crippen LogP contribution in [-0.2, 0) is 0 Å². The van der Waals surface area contributed by atoms with E-state index in [0.717, 1.165) is 25.3 Å². The molecule has 5 heteroatoms. The van der Waals surface area contributed by atoms with Crippen LogP contribution in [0.3, 0.4) is 0 Å². The molecule has 1 fully saturated rings. The van der Waals surface area contributed by atoms with Gasteiger partial charge >= 0.3 is 0 Å². The van der Waals surface area contributed by atoms with Gasteiger partial charge in [0, 0.05) is 43.5 Å². The average molecular weight is 221 g/mol. The Hall–Kier alpha value is -1.62. The van der Waals surface area contributed by atoms with Crippen LogP contribution in [0.25, 0.3) is 0 Å². The molecule has 0 spiro atoms. The highest BCUT2D eigenvalue weighted by Crippen LogP contribution is 2.21. The summed E-state index contributed by atoms with van der Waals surface area (Å²) in [4.78, 5) is 12.4. The van der Waals surface area contributed by atoms with Crippen LogP contribution in [0.2, 0.25) is 0 Å². The maximum absolute atomic E-state index is 10.5. The standard InChI is InChI=1S/C11H15N3O2/c1-9-8-12-6-7-13(9)10-2-4-11(5-3-10)14(15)16/h2-5,9,12H,6-8H2,1H3/t9-/m0/s1. The lowest BCUT2D eigenvalue weighted by Crippen LogP contribution is -2.49. The molecule has 1 aliphatic heterocycles. The second kappa shape index (κ2) is 4.49. The van der Waals surface area contributed by atoms with E-state index in [0.29, 0.717) is 6.04 Å². The summed E-state index contributed by atoms with van der Waals surface area (Å²) in [5, 5.41) is 13.8. The molecule has 0 radical (unpaired) electrons. The van der Waals surface area contributed by atoms with Gasteiger partial charge in [0.2, 0.25) is 0 Å². The summed E-state index contributed by atoms with van der Waals surface area (Å²) in [7, 11) is 0. The Bertz CT molecular complexity index is 377. The number of nitrogens with zero attached hydrogens (tertiary/aromatic N) is 2. The Balaban J connectivity index is 2.17. The van der Waals surface area contributed by atoms with Crippen LogP contribution < -0.4 is 10.2 Å². The largest absolute Gasteiger partial charge is 0.366 e. The fourth-order valence-electron chi connectivity index (χ4n) is 1.99.